The number of nitrogens with two attached hydrogens (primary N) is 1. The first-order chi connectivity index (χ1) is 9.26. The van der Waals surface area contributed by atoms with E-state index in [-0.39, 0.29) is 0 Å². The summed E-state index contributed by atoms with van der Waals surface area (Å²) in [5.41, 5.74) is 9.01. The maximum atomic E-state index is 9.19. The van der Waals surface area contributed by atoms with Crippen molar-refractivity contribution in [1.29, 1.82) is 5.26 Å². The van der Waals surface area contributed by atoms with Crippen molar-refractivity contribution in [1.82, 2.24) is 4.98 Å². The summed E-state index contributed by atoms with van der Waals surface area (Å²) in [5.74, 6) is 0.968. The maximum absolute atomic E-state index is 9.19. The number of benzene rings is 1. The summed E-state index contributed by atoms with van der Waals surface area (Å²) in [6.07, 6.45) is 3.04. The molecule has 2 N–H and O–H groups in total. The van der Waals surface area contributed by atoms with Gasteiger partial charge in [-0.3, -0.25) is 0 Å². The van der Waals surface area contributed by atoms with Gasteiger partial charge in [0.25, 0.3) is 0 Å². The number of aryl methyl sites for hydroxylation is 2. The summed E-state index contributed by atoms with van der Waals surface area (Å²) in [7, 11) is 0. The Labute approximate surface area is 111 Å². The zero-order valence-corrected chi connectivity index (χ0v) is 10.4. The molecule has 94 valence electrons. The first kappa shape index (κ1) is 11.5. The van der Waals surface area contributed by atoms with Gasteiger partial charge in [0.05, 0.1) is 0 Å². The van der Waals surface area contributed by atoms with E-state index in [0.717, 1.165) is 30.5 Å². The fourth-order valence-electron chi connectivity index (χ4n) is 2.30. The largest absolute Gasteiger partial charge is 0.438 e. The van der Waals surface area contributed by atoms with Gasteiger partial charge < -0.3 is 10.5 Å². The molecule has 1 aliphatic carbocycles. The summed E-state index contributed by atoms with van der Waals surface area (Å²) < 4.78 is 5.69. The molecule has 0 saturated heterocycles. The molecule has 1 aromatic heterocycles. The molecule has 2 aromatic rings. The van der Waals surface area contributed by atoms with Crippen LogP contribution in [0.1, 0.15) is 23.2 Å². The number of nitrogens with zero attached hydrogens (tertiary/aromatic N) is 2. The van der Waals surface area contributed by atoms with Crippen molar-refractivity contribution in [2.75, 3.05) is 5.73 Å². The molecule has 0 atom stereocenters. The van der Waals surface area contributed by atoms with Crippen molar-refractivity contribution in [2.45, 2.75) is 19.3 Å². The number of nitriles is 1. The first-order valence-corrected chi connectivity index (χ1v) is 6.22. The number of ether oxygens (including phenoxy) is 1. The SMILES string of the molecule is N#Cc1cc2c(nc1Oc1cccc(N)c1)CCC2. The number of pyridine rings is 1. The summed E-state index contributed by atoms with van der Waals surface area (Å²) in [6, 6.07) is 11.1. The van der Waals surface area contributed by atoms with Crippen molar-refractivity contribution in [2.24, 2.45) is 0 Å². The van der Waals surface area contributed by atoms with Crippen LogP contribution in [0, 0.1) is 11.3 Å². The predicted octanol–water partition coefficient (Wildman–Crippen LogP) is 2.82. The van der Waals surface area contributed by atoms with Gasteiger partial charge in [0, 0.05) is 17.4 Å². The molecule has 0 amide bonds. The van der Waals surface area contributed by atoms with Crippen LogP contribution in [0.25, 0.3) is 0 Å². The molecule has 0 spiro atoms. The molecule has 0 bridgehead atoms. The second kappa shape index (κ2) is 4.62. The van der Waals surface area contributed by atoms with Crippen LogP contribution in [0.2, 0.25) is 0 Å². The lowest BCUT2D eigenvalue weighted by Gasteiger charge is -2.09. The van der Waals surface area contributed by atoms with Gasteiger partial charge in [-0.25, -0.2) is 4.98 Å². The fourth-order valence-corrected chi connectivity index (χ4v) is 2.30. The first-order valence-electron chi connectivity index (χ1n) is 6.22. The summed E-state index contributed by atoms with van der Waals surface area (Å²) in [6.45, 7) is 0. The lowest BCUT2D eigenvalue weighted by Crippen LogP contribution is -1.97. The van der Waals surface area contributed by atoms with E-state index >= 15 is 0 Å². The fraction of sp³-hybridized carbons (Fsp3) is 0.200. The smallest absolute Gasteiger partial charge is 0.237 e. The Morgan fingerprint density at radius 3 is 2.95 bits per heavy atom. The number of hydrogen-bond acceptors (Lipinski definition) is 4. The van der Waals surface area contributed by atoms with Crippen LogP contribution in [0.15, 0.2) is 30.3 Å². The Kier molecular flexibility index (Phi) is 2.81. The highest BCUT2D eigenvalue weighted by Crippen LogP contribution is 2.29. The average molecular weight is 251 g/mol. The van der Waals surface area contributed by atoms with E-state index in [4.69, 9.17) is 10.5 Å². The van der Waals surface area contributed by atoms with Crippen LogP contribution in [0.5, 0.6) is 11.6 Å². The molecule has 0 fully saturated rings. The molecule has 0 aliphatic heterocycles. The number of aromatic nitrogens is 1. The van der Waals surface area contributed by atoms with Crippen LogP contribution in [-0.2, 0) is 12.8 Å². The molecule has 3 rings (SSSR count). The standard InChI is InChI=1S/C15H13N3O/c16-9-11-7-10-3-1-6-14(10)18-15(11)19-13-5-2-4-12(17)8-13/h2,4-5,7-8H,1,3,6,17H2. The molecule has 19 heavy (non-hydrogen) atoms. The quantitative estimate of drug-likeness (QED) is 0.833. The van der Waals surface area contributed by atoms with E-state index in [2.05, 4.69) is 11.1 Å². The second-order valence-electron chi connectivity index (χ2n) is 4.59. The van der Waals surface area contributed by atoms with Crippen LogP contribution < -0.4 is 10.5 Å². The monoisotopic (exact) mass is 251 g/mol. The molecule has 1 heterocycles. The van der Waals surface area contributed by atoms with Crippen molar-refractivity contribution in [3.8, 4) is 17.7 Å². The zero-order chi connectivity index (χ0) is 13.2. The van der Waals surface area contributed by atoms with Gasteiger partial charge in [0.1, 0.15) is 17.4 Å². The van der Waals surface area contributed by atoms with E-state index in [1.165, 1.54) is 0 Å². The van der Waals surface area contributed by atoms with Crippen molar-refractivity contribution in [3.63, 3.8) is 0 Å². The Bertz CT molecular complexity index is 674. The van der Waals surface area contributed by atoms with E-state index in [1.807, 2.05) is 12.1 Å². The van der Waals surface area contributed by atoms with Gasteiger partial charge >= 0.3 is 0 Å². The molecule has 0 saturated carbocycles. The predicted molar refractivity (Wildman–Crippen MR) is 71.9 cm³/mol. The van der Waals surface area contributed by atoms with Gasteiger partial charge in [0.2, 0.25) is 5.88 Å². The summed E-state index contributed by atoms with van der Waals surface area (Å²) in [5, 5.41) is 9.19. The van der Waals surface area contributed by atoms with E-state index in [1.54, 1.807) is 18.2 Å². The maximum Gasteiger partial charge on any atom is 0.237 e. The van der Waals surface area contributed by atoms with Gasteiger partial charge in [-0.1, -0.05) is 6.07 Å². The van der Waals surface area contributed by atoms with Crippen molar-refractivity contribution >= 4 is 5.69 Å². The number of fused-ring (bicyclic) bond motifs is 1. The number of anilines is 1. The molecule has 1 aromatic carbocycles. The molecule has 4 nitrogen and oxygen atoms in total. The summed E-state index contributed by atoms with van der Waals surface area (Å²) >= 11 is 0. The minimum absolute atomic E-state index is 0.369. The molecule has 1 aliphatic rings. The van der Waals surface area contributed by atoms with Crippen LogP contribution in [0.4, 0.5) is 5.69 Å². The van der Waals surface area contributed by atoms with E-state index < -0.39 is 0 Å². The van der Waals surface area contributed by atoms with Crippen LogP contribution in [-0.4, -0.2) is 4.98 Å². The van der Waals surface area contributed by atoms with Gasteiger partial charge in [-0.2, -0.15) is 5.26 Å². The van der Waals surface area contributed by atoms with Crippen molar-refractivity contribution < 1.29 is 4.74 Å². The Morgan fingerprint density at radius 2 is 2.16 bits per heavy atom. The molecular formula is C15H13N3O. The van der Waals surface area contributed by atoms with Gasteiger partial charge in [-0.05, 0) is 43.0 Å². The molecule has 0 unspecified atom stereocenters. The normalized spacial score (nSPS) is 12.8. The van der Waals surface area contributed by atoms with Crippen molar-refractivity contribution in [3.05, 3.63) is 47.2 Å². The third-order valence-electron chi connectivity index (χ3n) is 3.21. The number of hydrogen-bond donors (Lipinski definition) is 1. The highest BCUT2D eigenvalue weighted by atomic mass is 16.5. The lowest BCUT2D eigenvalue weighted by molar-refractivity contribution is 0.459. The zero-order valence-electron chi connectivity index (χ0n) is 10.4. The molecule has 4 heteroatoms. The Morgan fingerprint density at radius 1 is 1.26 bits per heavy atom. The average Bonchev–Trinajstić information content (AvgIpc) is 2.85. The lowest BCUT2D eigenvalue weighted by atomic mass is 10.1. The van der Waals surface area contributed by atoms with Gasteiger partial charge in [0.15, 0.2) is 0 Å². The van der Waals surface area contributed by atoms with E-state index in [0.29, 0.717) is 22.9 Å². The summed E-state index contributed by atoms with van der Waals surface area (Å²) in [4.78, 5) is 4.46. The number of nitrogen functional groups attached to an aromatic ring is 1. The number of rotatable bonds is 2. The third kappa shape index (κ3) is 2.23. The Balaban J connectivity index is 1.99. The third-order valence-corrected chi connectivity index (χ3v) is 3.21. The highest BCUT2D eigenvalue weighted by Gasteiger charge is 2.17. The molecule has 0 radical (unpaired) electrons. The van der Waals surface area contributed by atoms with Crippen LogP contribution in [0.3, 0.4) is 0 Å². The molecular weight excluding hydrogens is 238 g/mol. The minimum Gasteiger partial charge on any atom is -0.438 e. The van der Waals surface area contributed by atoms with Crippen LogP contribution >= 0.6 is 0 Å². The highest BCUT2D eigenvalue weighted by molar-refractivity contribution is 5.48. The van der Waals surface area contributed by atoms with E-state index in [9.17, 15) is 5.26 Å². The topological polar surface area (TPSA) is 71.9 Å². The minimum atomic E-state index is 0.369. The van der Waals surface area contributed by atoms with Gasteiger partial charge in [-0.15, -0.1) is 0 Å². The Hall–Kier alpha value is -2.54. The second-order valence-corrected chi connectivity index (χ2v) is 4.59.